The number of fused-ring (bicyclic) bond motifs is 1. The summed E-state index contributed by atoms with van der Waals surface area (Å²) in [6.45, 7) is 5.93. The third kappa shape index (κ3) is 3.61. The number of benzene rings is 1. The molecule has 1 N–H and O–H groups in total. The van der Waals surface area contributed by atoms with Crippen molar-refractivity contribution in [2.24, 2.45) is 0 Å². The van der Waals surface area contributed by atoms with Crippen molar-refractivity contribution in [3.05, 3.63) is 41.6 Å². The van der Waals surface area contributed by atoms with E-state index in [1.165, 1.54) is 25.9 Å². The molecule has 0 saturated carbocycles. The highest BCUT2D eigenvalue weighted by Crippen LogP contribution is 2.16. The van der Waals surface area contributed by atoms with Crippen LogP contribution in [-0.4, -0.2) is 23.9 Å². The van der Waals surface area contributed by atoms with Crippen molar-refractivity contribution in [1.82, 2.24) is 10.3 Å². The van der Waals surface area contributed by atoms with Crippen LogP contribution in [0.15, 0.2) is 30.3 Å². The molecule has 0 radical (unpaired) electrons. The molecule has 3 nitrogen and oxygen atoms in total. The van der Waals surface area contributed by atoms with Crippen molar-refractivity contribution in [3.63, 3.8) is 0 Å². The Morgan fingerprint density at radius 2 is 1.89 bits per heavy atom. The van der Waals surface area contributed by atoms with Crippen molar-refractivity contribution in [3.8, 4) is 0 Å². The van der Waals surface area contributed by atoms with E-state index in [4.69, 9.17) is 0 Å². The Morgan fingerprint density at radius 3 is 2.47 bits per heavy atom. The summed E-state index contributed by atoms with van der Waals surface area (Å²) in [5.41, 5.74) is 2.45. The van der Waals surface area contributed by atoms with Crippen molar-refractivity contribution >= 4 is 16.7 Å². The normalized spacial score (nSPS) is 14.0. The van der Waals surface area contributed by atoms with E-state index in [1.54, 1.807) is 6.92 Å². The fourth-order valence-corrected chi connectivity index (χ4v) is 2.19. The second-order valence-electron chi connectivity index (χ2n) is 4.83. The van der Waals surface area contributed by atoms with Crippen molar-refractivity contribution in [2.45, 2.75) is 26.7 Å². The van der Waals surface area contributed by atoms with Gasteiger partial charge >= 0.3 is 0 Å². The first-order valence-electron chi connectivity index (χ1n) is 6.76. The lowest BCUT2D eigenvalue weighted by Gasteiger charge is -2.03. The second-order valence-corrected chi connectivity index (χ2v) is 4.83. The summed E-state index contributed by atoms with van der Waals surface area (Å²) in [4.78, 5) is 15.6. The van der Waals surface area contributed by atoms with E-state index in [-0.39, 0.29) is 5.78 Å². The number of Topliss-reactive ketones (excluding diaryl/α,β-unsaturated/α-hetero) is 1. The maximum atomic E-state index is 11.3. The van der Waals surface area contributed by atoms with Crippen LogP contribution < -0.4 is 5.32 Å². The minimum atomic E-state index is 0.0701. The van der Waals surface area contributed by atoms with Crippen molar-refractivity contribution in [1.29, 1.82) is 0 Å². The maximum Gasteiger partial charge on any atom is 0.161 e. The Balaban J connectivity index is 0.000000224. The molecule has 2 aromatic rings. The van der Waals surface area contributed by atoms with Gasteiger partial charge in [0.15, 0.2) is 5.78 Å². The molecule has 0 atom stereocenters. The molecule has 0 aliphatic carbocycles. The highest BCUT2D eigenvalue weighted by atomic mass is 16.1. The van der Waals surface area contributed by atoms with Gasteiger partial charge in [0.1, 0.15) is 0 Å². The molecule has 3 rings (SSSR count). The number of aromatic nitrogens is 1. The Bertz CT molecular complexity index is 566. The molecule has 1 saturated heterocycles. The van der Waals surface area contributed by atoms with E-state index in [0.29, 0.717) is 5.56 Å². The Kier molecular flexibility index (Phi) is 4.63. The molecular weight excluding hydrogens is 236 g/mol. The molecule has 1 aromatic carbocycles. The molecule has 0 bridgehead atoms. The van der Waals surface area contributed by atoms with Gasteiger partial charge in [0.05, 0.1) is 5.52 Å². The van der Waals surface area contributed by atoms with Gasteiger partial charge in [-0.15, -0.1) is 0 Å². The molecule has 1 fully saturated rings. The van der Waals surface area contributed by atoms with Gasteiger partial charge in [0.25, 0.3) is 0 Å². The third-order valence-electron chi connectivity index (χ3n) is 3.25. The number of aryl methyl sites for hydroxylation is 1. The van der Waals surface area contributed by atoms with Crippen molar-refractivity contribution in [2.75, 3.05) is 13.1 Å². The van der Waals surface area contributed by atoms with Gasteiger partial charge in [0, 0.05) is 16.6 Å². The number of hydrogen-bond donors (Lipinski definition) is 1. The summed E-state index contributed by atoms with van der Waals surface area (Å²) in [5.74, 6) is 0.0701. The molecule has 1 aromatic heterocycles. The van der Waals surface area contributed by atoms with Gasteiger partial charge in [-0.1, -0.05) is 18.2 Å². The minimum Gasteiger partial charge on any atom is -0.317 e. The van der Waals surface area contributed by atoms with Crippen LogP contribution in [0.25, 0.3) is 10.9 Å². The number of ketones is 1. The fraction of sp³-hybridized carbons (Fsp3) is 0.375. The molecule has 1 aliphatic rings. The third-order valence-corrected chi connectivity index (χ3v) is 3.25. The van der Waals surface area contributed by atoms with E-state index < -0.39 is 0 Å². The second kappa shape index (κ2) is 6.43. The zero-order chi connectivity index (χ0) is 13.7. The number of carbonyl (C=O) groups excluding carboxylic acids is 1. The number of pyridine rings is 1. The molecule has 1 aliphatic heterocycles. The molecule has 0 amide bonds. The maximum absolute atomic E-state index is 11.3. The SMILES string of the molecule is C1CCNC1.CC(=O)c1cc2ccccc2nc1C. The fourth-order valence-electron chi connectivity index (χ4n) is 2.19. The number of nitrogens with one attached hydrogen (secondary N) is 1. The number of para-hydroxylation sites is 1. The quantitative estimate of drug-likeness (QED) is 0.797. The predicted octanol–water partition coefficient (Wildman–Crippen LogP) is 3.12. The van der Waals surface area contributed by atoms with Crippen LogP contribution in [-0.2, 0) is 0 Å². The van der Waals surface area contributed by atoms with Gasteiger partial charge in [0.2, 0.25) is 0 Å². The number of carbonyl (C=O) groups is 1. The lowest BCUT2D eigenvalue weighted by molar-refractivity contribution is 0.101. The zero-order valence-corrected chi connectivity index (χ0v) is 11.6. The summed E-state index contributed by atoms with van der Waals surface area (Å²) in [6.07, 6.45) is 2.78. The molecule has 2 heterocycles. The first-order valence-corrected chi connectivity index (χ1v) is 6.76. The molecule has 3 heteroatoms. The lowest BCUT2D eigenvalue weighted by atomic mass is 10.1. The van der Waals surface area contributed by atoms with Crippen LogP contribution in [0, 0.1) is 6.92 Å². The van der Waals surface area contributed by atoms with Crippen LogP contribution in [0.4, 0.5) is 0 Å². The summed E-state index contributed by atoms with van der Waals surface area (Å²) in [6, 6.07) is 9.71. The Labute approximate surface area is 114 Å². The molecule has 100 valence electrons. The van der Waals surface area contributed by atoms with E-state index in [2.05, 4.69) is 10.3 Å². The predicted molar refractivity (Wildman–Crippen MR) is 78.6 cm³/mol. The lowest BCUT2D eigenvalue weighted by Crippen LogP contribution is -2.03. The first kappa shape index (κ1) is 13.7. The van der Waals surface area contributed by atoms with Crippen LogP contribution in [0.5, 0.6) is 0 Å². The van der Waals surface area contributed by atoms with E-state index >= 15 is 0 Å². The smallest absolute Gasteiger partial charge is 0.161 e. The first-order chi connectivity index (χ1) is 9.18. The van der Waals surface area contributed by atoms with Gasteiger partial charge < -0.3 is 5.32 Å². The largest absolute Gasteiger partial charge is 0.317 e. The zero-order valence-electron chi connectivity index (χ0n) is 11.6. The average Bonchev–Trinajstić information content (AvgIpc) is 2.96. The highest BCUT2D eigenvalue weighted by molar-refractivity contribution is 5.98. The molecule has 0 unspecified atom stereocenters. The van der Waals surface area contributed by atoms with E-state index in [9.17, 15) is 4.79 Å². The molecule has 19 heavy (non-hydrogen) atoms. The van der Waals surface area contributed by atoms with Crippen LogP contribution in [0.1, 0.15) is 35.8 Å². The summed E-state index contributed by atoms with van der Waals surface area (Å²) in [7, 11) is 0. The van der Waals surface area contributed by atoms with Gasteiger partial charge in [-0.3, -0.25) is 9.78 Å². The molecular formula is C16H20N2O. The average molecular weight is 256 g/mol. The Hall–Kier alpha value is -1.74. The summed E-state index contributed by atoms with van der Waals surface area (Å²) < 4.78 is 0. The van der Waals surface area contributed by atoms with Gasteiger partial charge in [-0.05, 0) is 51.9 Å². The highest BCUT2D eigenvalue weighted by Gasteiger charge is 2.06. The van der Waals surface area contributed by atoms with Crippen LogP contribution in [0.3, 0.4) is 0 Å². The van der Waals surface area contributed by atoms with Gasteiger partial charge in [-0.2, -0.15) is 0 Å². The standard InChI is InChI=1S/C12H11NO.C4H9N/c1-8-11(9(2)14)7-10-5-3-4-6-12(10)13-8;1-2-4-5-3-1/h3-7H,1-2H3;5H,1-4H2. The van der Waals surface area contributed by atoms with E-state index in [0.717, 1.165) is 16.6 Å². The molecule has 0 spiro atoms. The van der Waals surface area contributed by atoms with Crippen molar-refractivity contribution < 1.29 is 4.79 Å². The van der Waals surface area contributed by atoms with Gasteiger partial charge in [-0.25, -0.2) is 0 Å². The monoisotopic (exact) mass is 256 g/mol. The minimum absolute atomic E-state index is 0.0701. The number of nitrogens with zero attached hydrogens (tertiary/aromatic N) is 1. The number of rotatable bonds is 1. The summed E-state index contributed by atoms with van der Waals surface area (Å²) in [5, 5.41) is 4.24. The Morgan fingerprint density at radius 1 is 1.21 bits per heavy atom. The van der Waals surface area contributed by atoms with Crippen LogP contribution >= 0.6 is 0 Å². The topological polar surface area (TPSA) is 42.0 Å². The van der Waals surface area contributed by atoms with Crippen LogP contribution in [0.2, 0.25) is 0 Å². The summed E-state index contributed by atoms with van der Waals surface area (Å²) >= 11 is 0. The van der Waals surface area contributed by atoms with E-state index in [1.807, 2.05) is 37.3 Å². The number of hydrogen-bond acceptors (Lipinski definition) is 3.